The molecule has 20 heavy (non-hydrogen) atoms. The van der Waals surface area contributed by atoms with Crippen molar-refractivity contribution in [3.05, 3.63) is 33.8 Å². The van der Waals surface area contributed by atoms with Crippen molar-refractivity contribution in [3.63, 3.8) is 0 Å². The molecule has 1 amide bonds. The largest absolute Gasteiger partial charge is 0.333 e. The summed E-state index contributed by atoms with van der Waals surface area (Å²) in [6.07, 6.45) is 2.50. The summed E-state index contributed by atoms with van der Waals surface area (Å²) in [5.74, 6) is 0.183. The van der Waals surface area contributed by atoms with Gasteiger partial charge < -0.3 is 4.90 Å². The molecule has 3 rings (SSSR count). The van der Waals surface area contributed by atoms with Crippen molar-refractivity contribution in [1.29, 1.82) is 0 Å². The molecule has 0 spiro atoms. The highest BCUT2D eigenvalue weighted by molar-refractivity contribution is 9.10. The van der Waals surface area contributed by atoms with Gasteiger partial charge in [-0.05, 0) is 50.9 Å². The lowest BCUT2D eigenvalue weighted by Gasteiger charge is -2.42. The molecule has 3 nitrogen and oxygen atoms in total. The lowest BCUT2D eigenvalue weighted by atomic mass is 10.0. The van der Waals surface area contributed by atoms with E-state index in [0.717, 1.165) is 28.7 Å². The number of halogens is 1. The van der Waals surface area contributed by atoms with Gasteiger partial charge in [-0.1, -0.05) is 22.0 Å². The minimum atomic E-state index is 0.183. The van der Waals surface area contributed by atoms with Crippen molar-refractivity contribution in [2.24, 2.45) is 0 Å². The number of hydrogen-bond donors (Lipinski definition) is 0. The Labute approximate surface area is 129 Å². The zero-order valence-corrected chi connectivity index (χ0v) is 13.7. The average Bonchev–Trinajstić information content (AvgIpc) is 2.87. The molecule has 0 radical (unpaired) electrons. The molecule has 1 aromatic carbocycles. The van der Waals surface area contributed by atoms with Gasteiger partial charge in [0, 0.05) is 35.2 Å². The number of carbonyl (C=O) groups excluding carboxylic acids is 1. The monoisotopic (exact) mass is 336 g/mol. The van der Waals surface area contributed by atoms with Crippen LogP contribution in [0, 0.1) is 6.92 Å². The van der Waals surface area contributed by atoms with Crippen LogP contribution in [-0.4, -0.2) is 47.4 Å². The Hall–Kier alpha value is -0.870. The first-order valence-electron chi connectivity index (χ1n) is 7.38. The molecule has 1 aromatic rings. The van der Waals surface area contributed by atoms with Gasteiger partial charge >= 0.3 is 0 Å². The number of nitrogens with zero attached hydrogens (tertiary/aromatic N) is 2. The maximum Gasteiger partial charge on any atom is 0.254 e. The van der Waals surface area contributed by atoms with Crippen molar-refractivity contribution in [2.75, 3.05) is 19.6 Å². The second-order valence-corrected chi connectivity index (χ2v) is 6.86. The van der Waals surface area contributed by atoms with E-state index in [2.05, 4.69) is 32.7 Å². The maximum atomic E-state index is 12.9. The van der Waals surface area contributed by atoms with Crippen LogP contribution in [0.1, 0.15) is 35.7 Å². The van der Waals surface area contributed by atoms with Gasteiger partial charge in [-0.15, -0.1) is 0 Å². The highest BCUT2D eigenvalue weighted by atomic mass is 79.9. The number of hydrogen-bond acceptors (Lipinski definition) is 2. The minimum absolute atomic E-state index is 0.183. The van der Waals surface area contributed by atoms with E-state index in [4.69, 9.17) is 0 Å². The summed E-state index contributed by atoms with van der Waals surface area (Å²) in [5, 5.41) is 0. The van der Waals surface area contributed by atoms with E-state index < -0.39 is 0 Å². The van der Waals surface area contributed by atoms with E-state index in [1.165, 1.54) is 19.4 Å². The Morgan fingerprint density at radius 3 is 2.95 bits per heavy atom. The van der Waals surface area contributed by atoms with Gasteiger partial charge in [0.15, 0.2) is 0 Å². The molecule has 2 saturated heterocycles. The third-order valence-electron chi connectivity index (χ3n) is 4.70. The van der Waals surface area contributed by atoms with E-state index in [-0.39, 0.29) is 5.91 Å². The normalized spacial score (nSPS) is 26.6. The smallest absolute Gasteiger partial charge is 0.254 e. The number of benzene rings is 1. The fourth-order valence-electron chi connectivity index (χ4n) is 3.46. The lowest BCUT2D eigenvalue weighted by Crippen LogP contribution is -2.56. The fraction of sp³-hybridized carbons (Fsp3) is 0.562. The third kappa shape index (κ3) is 2.40. The van der Waals surface area contributed by atoms with E-state index in [0.29, 0.717) is 12.1 Å². The first-order chi connectivity index (χ1) is 9.58. The summed E-state index contributed by atoms with van der Waals surface area (Å²) in [6.45, 7) is 7.27. The minimum Gasteiger partial charge on any atom is -0.333 e. The number of fused-ring (bicyclic) bond motifs is 1. The molecule has 2 atom stereocenters. The molecule has 0 bridgehead atoms. The summed E-state index contributed by atoms with van der Waals surface area (Å²) in [7, 11) is 0. The third-order valence-corrected chi connectivity index (χ3v) is 5.56. The number of carbonyl (C=O) groups is 1. The second kappa shape index (κ2) is 5.49. The number of rotatable bonds is 1. The first kappa shape index (κ1) is 14.1. The van der Waals surface area contributed by atoms with Crippen molar-refractivity contribution in [1.82, 2.24) is 9.80 Å². The summed E-state index contributed by atoms with van der Waals surface area (Å²) in [4.78, 5) is 17.5. The van der Waals surface area contributed by atoms with Gasteiger partial charge in [0.1, 0.15) is 0 Å². The van der Waals surface area contributed by atoms with E-state index in [1.807, 2.05) is 25.1 Å². The van der Waals surface area contributed by atoms with E-state index in [9.17, 15) is 4.79 Å². The van der Waals surface area contributed by atoms with Gasteiger partial charge in [0.05, 0.1) is 0 Å². The quantitative estimate of drug-likeness (QED) is 0.786. The van der Waals surface area contributed by atoms with E-state index in [1.54, 1.807) is 0 Å². The van der Waals surface area contributed by atoms with Gasteiger partial charge in [0.25, 0.3) is 5.91 Å². The number of amides is 1. The van der Waals surface area contributed by atoms with Crippen molar-refractivity contribution < 1.29 is 4.79 Å². The zero-order valence-electron chi connectivity index (χ0n) is 12.1. The average molecular weight is 337 g/mol. The molecular formula is C16H21BrN2O. The van der Waals surface area contributed by atoms with Crippen LogP contribution < -0.4 is 0 Å². The van der Waals surface area contributed by atoms with Gasteiger partial charge in [-0.2, -0.15) is 0 Å². The van der Waals surface area contributed by atoms with E-state index >= 15 is 0 Å². The summed E-state index contributed by atoms with van der Waals surface area (Å²) in [5.41, 5.74) is 1.87. The zero-order chi connectivity index (χ0) is 14.3. The molecule has 2 fully saturated rings. The predicted molar refractivity (Wildman–Crippen MR) is 84.0 cm³/mol. The van der Waals surface area contributed by atoms with Crippen LogP contribution in [0.4, 0.5) is 0 Å². The summed E-state index contributed by atoms with van der Waals surface area (Å²) >= 11 is 3.52. The molecule has 4 heteroatoms. The van der Waals surface area contributed by atoms with Crippen molar-refractivity contribution in [3.8, 4) is 0 Å². The van der Waals surface area contributed by atoms with Crippen molar-refractivity contribution >= 4 is 21.8 Å². The molecule has 0 aliphatic carbocycles. The molecule has 2 aliphatic heterocycles. The topological polar surface area (TPSA) is 23.6 Å². The van der Waals surface area contributed by atoms with Gasteiger partial charge in [-0.25, -0.2) is 0 Å². The Balaban J connectivity index is 1.84. The Morgan fingerprint density at radius 2 is 2.15 bits per heavy atom. The van der Waals surface area contributed by atoms with Crippen LogP contribution >= 0.6 is 15.9 Å². The molecule has 2 unspecified atom stereocenters. The van der Waals surface area contributed by atoms with Crippen LogP contribution in [0.5, 0.6) is 0 Å². The Bertz CT molecular complexity index is 531. The second-order valence-electron chi connectivity index (χ2n) is 6.01. The van der Waals surface area contributed by atoms with Crippen LogP contribution in [-0.2, 0) is 0 Å². The summed E-state index contributed by atoms with van der Waals surface area (Å²) < 4.78 is 1.01. The standard InChI is InChI=1S/C16H21BrN2O/c1-11-9-18-8-4-5-13(18)10-19(11)16(20)14-6-3-7-15(17)12(14)2/h3,6-7,11,13H,4-5,8-10H2,1-2H3. The SMILES string of the molecule is Cc1c(Br)cccc1C(=O)N1CC2CCCN2CC1C. The fourth-order valence-corrected chi connectivity index (χ4v) is 3.83. The van der Waals surface area contributed by atoms with Gasteiger partial charge in [0.2, 0.25) is 0 Å². The molecule has 0 aromatic heterocycles. The Morgan fingerprint density at radius 1 is 1.35 bits per heavy atom. The highest BCUT2D eigenvalue weighted by Crippen LogP contribution is 2.27. The highest BCUT2D eigenvalue weighted by Gasteiger charge is 2.36. The molecule has 2 aliphatic rings. The molecule has 0 saturated carbocycles. The molecule has 108 valence electrons. The van der Waals surface area contributed by atoms with Crippen LogP contribution in [0.25, 0.3) is 0 Å². The number of piperazine rings is 1. The predicted octanol–water partition coefficient (Wildman–Crippen LogP) is 3.07. The van der Waals surface area contributed by atoms with Crippen LogP contribution in [0.2, 0.25) is 0 Å². The maximum absolute atomic E-state index is 12.9. The Kier molecular flexibility index (Phi) is 3.87. The summed E-state index contributed by atoms with van der Waals surface area (Å²) in [6, 6.07) is 6.75. The van der Waals surface area contributed by atoms with Crippen LogP contribution in [0.15, 0.2) is 22.7 Å². The first-order valence-corrected chi connectivity index (χ1v) is 8.17. The van der Waals surface area contributed by atoms with Gasteiger partial charge in [-0.3, -0.25) is 9.69 Å². The van der Waals surface area contributed by atoms with Crippen molar-refractivity contribution in [2.45, 2.75) is 38.8 Å². The lowest BCUT2D eigenvalue weighted by molar-refractivity contribution is 0.0395. The molecule has 0 N–H and O–H groups in total. The van der Waals surface area contributed by atoms with Crippen LogP contribution in [0.3, 0.4) is 0 Å². The molecular weight excluding hydrogens is 316 g/mol. The molecule has 2 heterocycles.